The van der Waals surface area contributed by atoms with E-state index in [-0.39, 0.29) is 11.9 Å². The summed E-state index contributed by atoms with van der Waals surface area (Å²) in [7, 11) is 0. The van der Waals surface area contributed by atoms with Gasteiger partial charge in [0.25, 0.3) is 0 Å². The molecule has 1 aromatic heterocycles. The quantitative estimate of drug-likeness (QED) is 0.579. The molecule has 0 saturated carbocycles. The number of hydrogen-bond acceptors (Lipinski definition) is 4. The Morgan fingerprint density at radius 2 is 1.86 bits per heavy atom. The highest BCUT2D eigenvalue weighted by molar-refractivity contribution is 5.77. The van der Waals surface area contributed by atoms with Gasteiger partial charge in [-0.05, 0) is 24.8 Å². The Morgan fingerprint density at radius 3 is 2.59 bits per heavy atom. The van der Waals surface area contributed by atoms with Crippen molar-refractivity contribution in [1.29, 1.82) is 0 Å². The Morgan fingerprint density at radius 1 is 1.14 bits per heavy atom. The van der Waals surface area contributed by atoms with Crippen molar-refractivity contribution >= 4 is 5.91 Å². The van der Waals surface area contributed by atoms with Gasteiger partial charge in [-0.15, -0.1) is 0 Å². The second-order valence-electron chi connectivity index (χ2n) is 7.60. The van der Waals surface area contributed by atoms with Crippen LogP contribution in [0.4, 0.5) is 0 Å². The van der Waals surface area contributed by atoms with Gasteiger partial charge in [-0.25, -0.2) is 0 Å². The van der Waals surface area contributed by atoms with E-state index in [4.69, 9.17) is 4.52 Å². The average Bonchev–Trinajstić information content (AvgIpc) is 3.44. The van der Waals surface area contributed by atoms with Gasteiger partial charge in [-0.2, -0.15) is 4.98 Å². The molecule has 5 heteroatoms. The Hall–Kier alpha value is -2.95. The van der Waals surface area contributed by atoms with Gasteiger partial charge < -0.3 is 9.42 Å². The first-order valence-corrected chi connectivity index (χ1v) is 10.5. The minimum Gasteiger partial charge on any atom is -0.339 e. The van der Waals surface area contributed by atoms with Gasteiger partial charge in [-0.1, -0.05) is 72.7 Å². The number of carbonyl (C=O) groups excluding carboxylic acids is 1. The van der Waals surface area contributed by atoms with Crippen molar-refractivity contribution in [3.8, 4) is 11.4 Å². The molecule has 0 N–H and O–H groups in total. The Balaban J connectivity index is 1.40. The van der Waals surface area contributed by atoms with Crippen molar-refractivity contribution in [2.75, 3.05) is 6.54 Å². The van der Waals surface area contributed by atoms with Gasteiger partial charge >= 0.3 is 0 Å². The molecule has 1 saturated heterocycles. The van der Waals surface area contributed by atoms with Crippen molar-refractivity contribution in [2.24, 2.45) is 0 Å². The van der Waals surface area contributed by atoms with E-state index in [1.165, 1.54) is 5.56 Å². The molecule has 0 spiro atoms. The molecule has 0 bridgehead atoms. The third kappa shape index (κ3) is 4.39. The summed E-state index contributed by atoms with van der Waals surface area (Å²) in [6.07, 6.45) is 4.04. The summed E-state index contributed by atoms with van der Waals surface area (Å²) in [5.41, 5.74) is 2.24. The SMILES string of the molecule is CC[C@@H](c1ccccc1)[C@H]1CCCN1C(=O)CCc1nc(-c2ccccc2)no1. The van der Waals surface area contributed by atoms with Crippen LogP contribution in [0, 0.1) is 0 Å². The van der Waals surface area contributed by atoms with Gasteiger partial charge in [0.05, 0.1) is 0 Å². The highest BCUT2D eigenvalue weighted by Crippen LogP contribution is 2.34. The highest BCUT2D eigenvalue weighted by Gasteiger charge is 2.34. The smallest absolute Gasteiger partial charge is 0.227 e. The van der Waals surface area contributed by atoms with E-state index in [0.717, 1.165) is 31.4 Å². The summed E-state index contributed by atoms with van der Waals surface area (Å²) < 4.78 is 5.37. The van der Waals surface area contributed by atoms with Crippen molar-refractivity contribution in [3.05, 3.63) is 72.1 Å². The lowest BCUT2D eigenvalue weighted by Crippen LogP contribution is -2.39. The average molecular weight is 389 g/mol. The zero-order valence-electron chi connectivity index (χ0n) is 16.8. The van der Waals surface area contributed by atoms with E-state index >= 15 is 0 Å². The number of carbonyl (C=O) groups is 1. The molecule has 1 amide bonds. The molecule has 1 aliphatic rings. The standard InChI is InChI=1S/C24H27N3O2/c1-2-20(18-10-5-3-6-11-18)21-14-9-17-27(21)23(28)16-15-22-25-24(26-29-22)19-12-7-4-8-13-19/h3-8,10-13,20-21H,2,9,14-17H2,1H3/t20-,21+/m0/s1. The fourth-order valence-corrected chi connectivity index (χ4v) is 4.37. The van der Waals surface area contributed by atoms with E-state index < -0.39 is 0 Å². The predicted molar refractivity (Wildman–Crippen MR) is 112 cm³/mol. The Labute approximate surface area is 171 Å². The maximum absolute atomic E-state index is 13.0. The molecule has 2 aromatic carbocycles. The monoisotopic (exact) mass is 389 g/mol. The molecule has 3 aromatic rings. The molecule has 0 unspecified atom stereocenters. The summed E-state index contributed by atoms with van der Waals surface area (Å²) in [5, 5.41) is 4.05. The highest BCUT2D eigenvalue weighted by atomic mass is 16.5. The summed E-state index contributed by atoms with van der Waals surface area (Å²) in [5.74, 6) is 1.65. The van der Waals surface area contributed by atoms with Crippen molar-refractivity contribution in [2.45, 2.75) is 51.0 Å². The van der Waals surface area contributed by atoms with Crippen LogP contribution in [0.5, 0.6) is 0 Å². The van der Waals surface area contributed by atoms with Crippen LogP contribution in [0.15, 0.2) is 65.2 Å². The van der Waals surface area contributed by atoms with Crippen molar-refractivity contribution < 1.29 is 9.32 Å². The molecule has 1 fully saturated rings. The second-order valence-corrected chi connectivity index (χ2v) is 7.60. The Kier molecular flexibility index (Phi) is 6.03. The van der Waals surface area contributed by atoms with E-state index in [1.807, 2.05) is 36.4 Å². The molecule has 1 aliphatic heterocycles. The number of benzene rings is 2. The van der Waals surface area contributed by atoms with E-state index in [1.54, 1.807) is 0 Å². The fraction of sp³-hybridized carbons (Fsp3) is 0.375. The topological polar surface area (TPSA) is 59.2 Å². The van der Waals surface area contributed by atoms with Crippen molar-refractivity contribution in [1.82, 2.24) is 15.0 Å². The van der Waals surface area contributed by atoms with Crippen LogP contribution >= 0.6 is 0 Å². The first-order chi connectivity index (χ1) is 14.3. The first kappa shape index (κ1) is 19.4. The zero-order valence-corrected chi connectivity index (χ0v) is 16.8. The van der Waals surface area contributed by atoms with Gasteiger partial charge in [0.2, 0.25) is 17.6 Å². The van der Waals surface area contributed by atoms with Crippen LogP contribution in [0.25, 0.3) is 11.4 Å². The third-order valence-electron chi connectivity index (χ3n) is 5.80. The maximum atomic E-state index is 13.0. The van der Waals surface area contributed by atoms with Crippen LogP contribution in [0.2, 0.25) is 0 Å². The molecule has 0 aliphatic carbocycles. The van der Waals surface area contributed by atoms with Gasteiger partial charge in [0, 0.05) is 36.9 Å². The van der Waals surface area contributed by atoms with Crippen LogP contribution in [-0.4, -0.2) is 33.5 Å². The Bertz CT molecular complexity index is 924. The number of aryl methyl sites for hydroxylation is 1. The summed E-state index contributed by atoms with van der Waals surface area (Å²) in [6, 6.07) is 20.6. The van der Waals surface area contributed by atoms with Gasteiger partial charge in [-0.3, -0.25) is 4.79 Å². The lowest BCUT2D eigenvalue weighted by molar-refractivity contribution is -0.132. The van der Waals surface area contributed by atoms with Crippen LogP contribution in [-0.2, 0) is 11.2 Å². The molecule has 150 valence electrons. The third-order valence-corrected chi connectivity index (χ3v) is 5.80. The number of nitrogens with zero attached hydrogens (tertiary/aromatic N) is 3. The molecule has 2 heterocycles. The largest absolute Gasteiger partial charge is 0.339 e. The van der Waals surface area contributed by atoms with Crippen LogP contribution in [0.1, 0.15) is 50.0 Å². The number of likely N-dealkylation sites (tertiary alicyclic amines) is 1. The van der Waals surface area contributed by atoms with E-state index in [0.29, 0.717) is 30.5 Å². The molecule has 29 heavy (non-hydrogen) atoms. The van der Waals surface area contributed by atoms with Crippen molar-refractivity contribution in [3.63, 3.8) is 0 Å². The second kappa shape index (κ2) is 9.03. The fourth-order valence-electron chi connectivity index (χ4n) is 4.37. The van der Waals surface area contributed by atoms with E-state index in [2.05, 4.69) is 46.2 Å². The van der Waals surface area contributed by atoms with Crippen LogP contribution < -0.4 is 0 Å². The number of hydrogen-bond donors (Lipinski definition) is 0. The first-order valence-electron chi connectivity index (χ1n) is 10.5. The molecular weight excluding hydrogens is 362 g/mol. The maximum Gasteiger partial charge on any atom is 0.227 e. The summed E-state index contributed by atoms with van der Waals surface area (Å²) in [4.78, 5) is 19.5. The lowest BCUT2D eigenvalue weighted by atomic mass is 9.87. The summed E-state index contributed by atoms with van der Waals surface area (Å²) >= 11 is 0. The minimum atomic E-state index is 0.182. The van der Waals surface area contributed by atoms with Gasteiger partial charge in [0.1, 0.15) is 0 Å². The van der Waals surface area contributed by atoms with Gasteiger partial charge in [0.15, 0.2) is 0 Å². The van der Waals surface area contributed by atoms with Crippen LogP contribution in [0.3, 0.4) is 0 Å². The zero-order chi connectivity index (χ0) is 20.1. The molecule has 5 nitrogen and oxygen atoms in total. The molecule has 2 atom stereocenters. The minimum absolute atomic E-state index is 0.182. The molecule has 0 radical (unpaired) electrons. The van der Waals surface area contributed by atoms with E-state index in [9.17, 15) is 4.79 Å². The lowest BCUT2D eigenvalue weighted by Gasteiger charge is -2.31. The summed E-state index contributed by atoms with van der Waals surface area (Å²) in [6.45, 7) is 3.05. The molecule has 4 rings (SSSR count). The number of rotatable bonds is 7. The molecular formula is C24H27N3O2. The number of aromatic nitrogens is 2. The number of amides is 1. The normalized spacial score (nSPS) is 17.4. The predicted octanol–water partition coefficient (Wildman–Crippen LogP) is 4.85.